The van der Waals surface area contributed by atoms with Crippen molar-refractivity contribution < 1.29 is 13.9 Å². The standard InChI is InChI=1S/C31H44O3Si/c1-8-25-21-26(22-31(32-25)20-19-24(4)29(33-31)23(2)3)34-35(30(5,6)7,27-15-11-9-12-16-27)28-17-13-10-14-18-28/h8-18,23-26,29H,1,19-22H2,2-7H3/t24-,25+,26-,29+,31?/m0/s1. The van der Waals surface area contributed by atoms with Crippen molar-refractivity contribution in [1.29, 1.82) is 0 Å². The van der Waals surface area contributed by atoms with Gasteiger partial charge in [0.2, 0.25) is 0 Å². The van der Waals surface area contributed by atoms with Gasteiger partial charge in [-0.15, -0.1) is 6.58 Å². The van der Waals surface area contributed by atoms with Crippen LogP contribution in [0, 0.1) is 11.8 Å². The molecule has 2 fully saturated rings. The van der Waals surface area contributed by atoms with Gasteiger partial charge in [0, 0.05) is 19.3 Å². The molecule has 2 aromatic carbocycles. The fourth-order valence-electron chi connectivity index (χ4n) is 6.30. The Hall–Kier alpha value is -1.72. The van der Waals surface area contributed by atoms with Crippen molar-refractivity contribution in [2.75, 3.05) is 0 Å². The highest BCUT2D eigenvalue weighted by Gasteiger charge is 2.54. The van der Waals surface area contributed by atoms with E-state index in [4.69, 9.17) is 13.9 Å². The third-order valence-corrected chi connectivity index (χ3v) is 13.1. The zero-order chi connectivity index (χ0) is 25.3. The number of hydrogen-bond acceptors (Lipinski definition) is 3. The Morgan fingerprint density at radius 1 is 1.00 bits per heavy atom. The van der Waals surface area contributed by atoms with E-state index in [1.807, 2.05) is 6.08 Å². The molecule has 0 radical (unpaired) electrons. The zero-order valence-electron chi connectivity index (χ0n) is 22.5. The minimum absolute atomic E-state index is 0.0271. The molecule has 1 unspecified atom stereocenters. The molecule has 2 heterocycles. The molecule has 4 rings (SSSR count). The Morgan fingerprint density at radius 3 is 2.06 bits per heavy atom. The molecule has 190 valence electrons. The van der Waals surface area contributed by atoms with Crippen molar-refractivity contribution in [3.63, 3.8) is 0 Å². The molecule has 0 amide bonds. The van der Waals surface area contributed by atoms with Gasteiger partial charge in [-0.1, -0.05) is 108 Å². The fraction of sp³-hybridized carbons (Fsp3) is 0.548. The molecular weight excluding hydrogens is 448 g/mol. The van der Waals surface area contributed by atoms with Crippen molar-refractivity contribution in [1.82, 2.24) is 0 Å². The van der Waals surface area contributed by atoms with Crippen molar-refractivity contribution in [2.45, 2.75) is 96.4 Å². The highest BCUT2D eigenvalue weighted by molar-refractivity contribution is 6.99. The molecule has 1 spiro atoms. The van der Waals surface area contributed by atoms with Gasteiger partial charge < -0.3 is 13.9 Å². The van der Waals surface area contributed by atoms with E-state index in [0.717, 1.165) is 25.7 Å². The van der Waals surface area contributed by atoms with Crippen molar-refractivity contribution in [3.8, 4) is 0 Å². The second kappa shape index (κ2) is 10.3. The maximum absolute atomic E-state index is 7.53. The topological polar surface area (TPSA) is 27.7 Å². The van der Waals surface area contributed by atoms with E-state index in [9.17, 15) is 0 Å². The Kier molecular flexibility index (Phi) is 7.78. The van der Waals surface area contributed by atoms with Gasteiger partial charge >= 0.3 is 0 Å². The summed E-state index contributed by atoms with van der Waals surface area (Å²) in [6.45, 7) is 17.9. The molecule has 0 N–H and O–H groups in total. The fourth-order valence-corrected chi connectivity index (χ4v) is 11.0. The number of ether oxygens (including phenoxy) is 2. The second-order valence-electron chi connectivity index (χ2n) is 12.0. The molecule has 35 heavy (non-hydrogen) atoms. The first-order valence-electron chi connectivity index (χ1n) is 13.4. The van der Waals surface area contributed by atoms with E-state index >= 15 is 0 Å². The minimum atomic E-state index is -2.66. The first kappa shape index (κ1) is 26.3. The molecular formula is C31H44O3Si. The van der Waals surface area contributed by atoms with Crippen LogP contribution in [-0.2, 0) is 13.9 Å². The Bertz CT molecular complexity index is 928. The largest absolute Gasteiger partial charge is 0.404 e. The molecule has 0 aliphatic carbocycles. The summed E-state index contributed by atoms with van der Waals surface area (Å²) in [4.78, 5) is 0. The lowest BCUT2D eigenvalue weighted by atomic mass is 9.83. The van der Waals surface area contributed by atoms with E-state index in [1.165, 1.54) is 10.4 Å². The van der Waals surface area contributed by atoms with Crippen LogP contribution in [0.5, 0.6) is 0 Å². The summed E-state index contributed by atoms with van der Waals surface area (Å²) >= 11 is 0. The third-order valence-electron chi connectivity index (χ3n) is 7.97. The van der Waals surface area contributed by atoms with Crippen LogP contribution < -0.4 is 10.4 Å². The van der Waals surface area contributed by atoms with Crippen LogP contribution >= 0.6 is 0 Å². The summed E-state index contributed by atoms with van der Waals surface area (Å²) in [6, 6.07) is 21.8. The quantitative estimate of drug-likeness (QED) is 0.342. The van der Waals surface area contributed by atoms with Crippen LogP contribution in [0.25, 0.3) is 0 Å². The van der Waals surface area contributed by atoms with Crippen LogP contribution in [0.1, 0.15) is 67.2 Å². The van der Waals surface area contributed by atoms with Crippen LogP contribution in [-0.4, -0.2) is 32.4 Å². The molecule has 0 aromatic heterocycles. The molecule has 2 aliphatic heterocycles. The van der Waals surface area contributed by atoms with Crippen LogP contribution in [0.4, 0.5) is 0 Å². The van der Waals surface area contributed by atoms with E-state index in [1.54, 1.807) is 0 Å². The molecule has 4 heteroatoms. The van der Waals surface area contributed by atoms with Gasteiger partial charge in [-0.05, 0) is 33.7 Å². The number of rotatable bonds is 6. The molecule has 0 bridgehead atoms. The average Bonchev–Trinajstić information content (AvgIpc) is 2.84. The first-order valence-corrected chi connectivity index (χ1v) is 15.3. The van der Waals surface area contributed by atoms with Crippen LogP contribution in [0.3, 0.4) is 0 Å². The summed E-state index contributed by atoms with van der Waals surface area (Å²) in [7, 11) is -2.66. The summed E-state index contributed by atoms with van der Waals surface area (Å²) in [5.74, 6) is 0.379. The van der Waals surface area contributed by atoms with Gasteiger partial charge in [0.05, 0.1) is 18.3 Å². The van der Waals surface area contributed by atoms with Gasteiger partial charge in [0.1, 0.15) is 0 Å². The Morgan fingerprint density at radius 2 is 1.57 bits per heavy atom. The van der Waals surface area contributed by atoms with E-state index in [2.05, 4.69) is 109 Å². The van der Waals surface area contributed by atoms with E-state index in [0.29, 0.717) is 11.8 Å². The Balaban J connectivity index is 1.76. The van der Waals surface area contributed by atoms with E-state index < -0.39 is 14.1 Å². The van der Waals surface area contributed by atoms with Gasteiger partial charge in [0.15, 0.2) is 5.79 Å². The lowest BCUT2D eigenvalue weighted by molar-refractivity contribution is -0.332. The van der Waals surface area contributed by atoms with Crippen LogP contribution in [0.15, 0.2) is 73.3 Å². The predicted octanol–water partition coefficient (Wildman–Crippen LogP) is 6.46. The Labute approximate surface area is 214 Å². The van der Waals surface area contributed by atoms with Gasteiger partial charge in [-0.25, -0.2) is 0 Å². The van der Waals surface area contributed by atoms with Gasteiger partial charge in [0.25, 0.3) is 8.32 Å². The highest BCUT2D eigenvalue weighted by Crippen LogP contribution is 2.46. The predicted molar refractivity (Wildman–Crippen MR) is 148 cm³/mol. The van der Waals surface area contributed by atoms with Gasteiger partial charge in [-0.2, -0.15) is 0 Å². The number of benzene rings is 2. The smallest absolute Gasteiger partial charge is 0.261 e. The van der Waals surface area contributed by atoms with Crippen molar-refractivity contribution in [2.24, 2.45) is 11.8 Å². The van der Waals surface area contributed by atoms with Crippen molar-refractivity contribution in [3.05, 3.63) is 73.3 Å². The van der Waals surface area contributed by atoms with Crippen LogP contribution in [0.2, 0.25) is 5.04 Å². The monoisotopic (exact) mass is 492 g/mol. The summed E-state index contributed by atoms with van der Waals surface area (Å²) in [5.41, 5.74) is 0. The summed E-state index contributed by atoms with van der Waals surface area (Å²) < 4.78 is 21.0. The average molecular weight is 493 g/mol. The SMILES string of the molecule is C=C[C@@H]1C[C@H](O[Si](c2ccccc2)(c2ccccc2)C(C)(C)C)CC2(CC[C@H](C)[C@@H](C(C)C)O2)O1. The van der Waals surface area contributed by atoms with E-state index in [-0.39, 0.29) is 23.4 Å². The highest BCUT2D eigenvalue weighted by atomic mass is 28.4. The normalized spacial score (nSPS) is 29.9. The first-order chi connectivity index (χ1) is 16.6. The third kappa shape index (κ3) is 5.22. The lowest BCUT2D eigenvalue weighted by Gasteiger charge is -2.52. The number of hydrogen-bond donors (Lipinski definition) is 0. The molecule has 3 nitrogen and oxygen atoms in total. The maximum Gasteiger partial charge on any atom is 0.261 e. The summed E-state index contributed by atoms with van der Waals surface area (Å²) in [5, 5.41) is 2.56. The second-order valence-corrected chi connectivity index (χ2v) is 16.2. The molecule has 0 saturated carbocycles. The summed E-state index contributed by atoms with van der Waals surface area (Å²) in [6.07, 6.45) is 5.67. The molecule has 2 aliphatic rings. The molecule has 2 saturated heterocycles. The lowest BCUT2D eigenvalue weighted by Crippen LogP contribution is -2.68. The molecule has 5 atom stereocenters. The molecule has 2 aromatic rings. The van der Waals surface area contributed by atoms with Crippen molar-refractivity contribution >= 4 is 18.7 Å². The van der Waals surface area contributed by atoms with Gasteiger partial charge in [-0.3, -0.25) is 0 Å². The minimum Gasteiger partial charge on any atom is -0.404 e. The maximum atomic E-state index is 7.53. The zero-order valence-corrected chi connectivity index (χ0v) is 23.5.